The van der Waals surface area contributed by atoms with Crippen LogP contribution in [0, 0.1) is 0 Å². The van der Waals surface area contributed by atoms with Gasteiger partial charge in [0.2, 0.25) is 5.95 Å². The van der Waals surface area contributed by atoms with Crippen LogP contribution in [0.1, 0.15) is 0 Å². The highest BCUT2D eigenvalue weighted by Gasteiger charge is 2.24. The predicted octanol–water partition coefficient (Wildman–Crippen LogP) is 12.5. The van der Waals surface area contributed by atoms with E-state index in [1.54, 1.807) is 0 Å². The van der Waals surface area contributed by atoms with E-state index in [2.05, 4.69) is 190 Å². The molecule has 0 N–H and O–H groups in total. The molecule has 6 nitrogen and oxygen atoms in total. The van der Waals surface area contributed by atoms with Gasteiger partial charge in [-0.15, -0.1) is 0 Å². The van der Waals surface area contributed by atoms with Crippen LogP contribution in [0.2, 0.25) is 0 Å². The summed E-state index contributed by atoms with van der Waals surface area (Å²) >= 11 is 0. The van der Waals surface area contributed by atoms with Crippen LogP contribution in [0.5, 0.6) is 0 Å². The summed E-state index contributed by atoms with van der Waals surface area (Å²) in [5.41, 5.74) is 10.6. The van der Waals surface area contributed by atoms with E-state index in [9.17, 15) is 0 Å². The second-order valence-electron chi connectivity index (χ2n) is 14.4. The third-order valence-corrected chi connectivity index (χ3v) is 11.3. The van der Waals surface area contributed by atoms with Crippen molar-refractivity contribution in [1.82, 2.24) is 28.7 Å². The first-order valence-corrected chi connectivity index (χ1v) is 19.2. The van der Waals surface area contributed by atoms with Crippen LogP contribution in [0.3, 0.4) is 0 Å². The average molecular weight is 729 g/mol. The number of fused-ring (bicyclic) bond motifs is 10. The third kappa shape index (κ3) is 4.68. The topological polar surface area (TPSA) is 53.5 Å². The molecular weight excluding hydrogens is 697 g/mol. The summed E-state index contributed by atoms with van der Waals surface area (Å²) < 4.78 is 6.98. The third-order valence-electron chi connectivity index (χ3n) is 11.3. The van der Waals surface area contributed by atoms with Gasteiger partial charge in [-0.05, 0) is 54.6 Å². The quantitative estimate of drug-likeness (QED) is 0.177. The fourth-order valence-electron chi connectivity index (χ4n) is 8.91. The van der Waals surface area contributed by atoms with Crippen LogP contribution in [0.15, 0.2) is 194 Å². The Morgan fingerprint density at radius 1 is 0.316 bits per heavy atom. The van der Waals surface area contributed by atoms with E-state index in [-0.39, 0.29) is 0 Å². The van der Waals surface area contributed by atoms with Crippen LogP contribution in [-0.2, 0) is 0 Å². The summed E-state index contributed by atoms with van der Waals surface area (Å²) in [6.07, 6.45) is 0. The van der Waals surface area contributed by atoms with Gasteiger partial charge in [-0.3, -0.25) is 4.57 Å². The molecule has 0 aliphatic rings. The van der Waals surface area contributed by atoms with Crippen molar-refractivity contribution in [3.05, 3.63) is 194 Å². The van der Waals surface area contributed by atoms with E-state index in [0.717, 1.165) is 55.3 Å². The van der Waals surface area contributed by atoms with Gasteiger partial charge in [0.15, 0.2) is 11.6 Å². The molecule has 0 aliphatic heterocycles. The van der Waals surface area contributed by atoms with Gasteiger partial charge < -0.3 is 9.13 Å². The molecule has 0 saturated carbocycles. The standard InChI is InChI=1S/C51H32N6/c1-3-17-33(18-4-1)49-52-50(54-51(53-49)57-42-27-13-7-21-35(42)36-22-8-14-28-43(36)57)40-25-11-16-30-45(40)56-44-29-15-10-24-39(44)47-46(56)32-31-38-37-23-9-12-26-41(37)55(48(38)47)34-19-5-2-6-20-34/h1-32H. The number of nitrogens with zero attached hydrogens (tertiary/aromatic N) is 6. The molecule has 4 aromatic heterocycles. The molecule has 0 bridgehead atoms. The number of benzene rings is 8. The zero-order chi connectivity index (χ0) is 37.5. The van der Waals surface area contributed by atoms with Gasteiger partial charge in [-0.1, -0.05) is 140 Å². The predicted molar refractivity (Wildman–Crippen MR) is 234 cm³/mol. The van der Waals surface area contributed by atoms with Gasteiger partial charge in [0.1, 0.15) is 0 Å². The molecule has 6 heteroatoms. The fourth-order valence-corrected chi connectivity index (χ4v) is 8.91. The number of hydrogen-bond acceptors (Lipinski definition) is 3. The normalized spacial score (nSPS) is 11.9. The van der Waals surface area contributed by atoms with Crippen LogP contribution < -0.4 is 0 Å². The molecule has 8 aromatic carbocycles. The first-order valence-electron chi connectivity index (χ1n) is 19.2. The largest absolute Gasteiger partial charge is 0.309 e. The van der Waals surface area contributed by atoms with E-state index in [4.69, 9.17) is 15.0 Å². The summed E-state index contributed by atoms with van der Waals surface area (Å²) in [5.74, 6) is 1.78. The van der Waals surface area contributed by atoms with Crippen LogP contribution in [0.25, 0.3) is 106 Å². The van der Waals surface area contributed by atoms with Crippen LogP contribution in [0.4, 0.5) is 0 Å². The van der Waals surface area contributed by atoms with Crippen LogP contribution >= 0.6 is 0 Å². The Bertz CT molecular complexity index is 3470. The lowest BCUT2D eigenvalue weighted by Crippen LogP contribution is -2.07. The summed E-state index contributed by atoms with van der Waals surface area (Å²) in [5, 5.41) is 7.14. The van der Waals surface area contributed by atoms with E-state index in [1.165, 1.54) is 32.6 Å². The minimum Gasteiger partial charge on any atom is -0.309 e. The van der Waals surface area contributed by atoms with E-state index >= 15 is 0 Å². The minimum atomic E-state index is 0.572. The molecule has 12 aromatic rings. The van der Waals surface area contributed by atoms with E-state index in [0.29, 0.717) is 17.6 Å². The average Bonchev–Trinajstić information content (AvgIpc) is 3.93. The molecule has 0 fully saturated rings. The van der Waals surface area contributed by atoms with Crippen LogP contribution in [-0.4, -0.2) is 28.7 Å². The second-order valence-corrected chi connectivity index (χ2v) is 14.4. The highest BCUT2D eigenvalue weighted by atomic mass is 15.2. The summed E-state index contributed by atoms with van der Waals surface area (Å²) in [6.45, 7) is 0. The number of rotatable bonds is 5. The van der Waals surface area contributed by atoms with Crippen molar-refractivity contribution in [2.24, 2.45) is 0 Å². The van der Waals surface area contributed by atoms with Crippen molar-refractivity contribution in [2.45, 2.75) is 0 Å². The summed E-state index contributed by atoms with van der Waals surface area (Å²) in [7, 11) is 0. The van der Waals surface area contributed by atoms with Crippen molar-refractivity contribution < 1.29 is 0 Å². The SMILES string of the molecule is c1ccc(-c2nc(-c3ccccc3-n3c4ccccc4c4c3ccc3c5ccccc5n(-c5ccccc5)c34)nc(-n3c4ccccc4c4ccccc43)n2)cc1. The zero-order valence-corrected chi connectivity index (χ0v) is 30.7. The maximum absolute atomic E-state index is 5.36. The summed E-state index contributed by atoms with van der Waals surface area (Å²) in [6, 6.07) is 68.3. The Labute approximate surface area is 327 Å². The number of para-hydroxylation sites is 6. The zero-order valence-electron chi connectivity index (χ0n) is 30.7. The lowest BCUT2D eigenvalue weighted by Gasteiger charge is -2.15. The van der Waals surface area contributed by atoms with Crippen molar-refractivity contribution in [3.8, 4) is 40.1 Å². The van der Waals surface area contributed by atoms with Gasteiger partial charge >= 0.3 is 0 Å². The Balaban J connectivity index is 1.17. The number of hydrogen-bond donors (Lipinski definition) is 0. The molecule has 4 heterocycles. The fraction of sp³-hybridized carbons (Fsp3) is 0. The Morgan fingerprint density at radius 2 is 0.825 bits per heavy atom. The number of aromatic nitrogens is 6. The molecule has 0 spiro atoms. The molecule has 0 atom stereocenters. The Morgan fingerprint density at radius 3 is 1.51 bits per heavy atom. The second kappa shape index (κ2) is 12.3. The molecule has 57 heavy (non-hydrogen) atoms. The minimum absolute atomic E-state index is 0.572. The smallest absolute Gasteiger partial charge is 0.238 e. The molecule has 0 radical (unpaired) electrons. The molecule has 0 unspecified atom stereocenters. The lowest BCUT2D eigenvalue weighted by molar-refractivity contribution is 0.951. The molecule has 0 amide bonds. The molecule has 12 rings (SSSR count). The van der Waals surface area contributed by atoms with Gasteiger partial charge in [0, 0.05) is 49.1 Å². The van der Waals surface area contributed by atoms with Gasteiger partial charge in [-0.2, -0.15) is 9.97 Å². The lowest BCUT2D eigenvalue weighted by atomic mass is 10.1. The highest BCUT2D eigenvalue weighted by Crippen LogP contribution is 2.43. The van der Waals surface area contributed by atoms with Crippen molar-refractivity contribution in [1.29, 1.82) is 0 Å². The van der Waals surface area contributed by atoms with Crippen molar-refractivity contribution in [2.75, 3.05) is 0 Å². The molecule has 0 aliphatic carbocycles. The first-order chi connectivity index (χ1) is 28.3. The highest BCUT2D eigenvalue weighted by molar-refractivity contribution is 6.26. The van der Waals surface area contributed by atoms with Gasteiger partial charge in [-0.25, -0.2) is 4.98 Å². The van der Waals surface area contributed by atoms with Gasteiger partial charge in [0.05, 0.1) is 38.8 Å². The molecule has 0 saturated heterocycles. The first kappa shape index (κ1) is 31.5. The van der Waals surface area contributed by atoms with Crippen molar-refractivity contribution >= 4 is 65.4 Å². The van der Waals surface area contributed by atoms with E-state index in [1.807, 2.05) is 18.2 Å². The Kier molecular flexibility index (Phi) is 6.83. The monoisotopic (exact) mass is 728 g/mol. The van der Waals surface area contributed by atoms with Crippen molar-refractivity contribution in [3.63, 3.8) is 0 Å². The molecular formula is C51H32N6. The van der Waals surface area contributed by atoms with E-state index < -0.39 is 0 Å². The maximum Gasteiger partial charge on any atom is 0.238 e. The molecule has 266 valence electrons. The van der Waals surface area contributed by atoms with Gasteiger partial charge in [0.25, 0.3) is 0 Å². The maximum atomic E-state index is 5.36. The summed E-state index contributed by atoms with van der Waals surface area (Å²) in [4.78, 5) is 15.8. The Hall–Kier alpha value is -7.83.